The summed E-state index contributed by atoms with van der Waals surface area (Å²) in [5.41, 5.74) is 6.52. The van der Waals surface area contributed by atoms with E-state index in [1.54, 1.807) is 29.6 Å². The van der Waals surface area contributed by atoms with E-state index in [-0.39, 0.29) is 5.78 Å². The van der Waals surface area contributed by atoms with Crippen molar-refractivity contribution in [1.29, 1.82) is 0 Å². The molecule has 0 aromatic heterocycles. The van der Waals surface area contributed by atoms with Crippen LogP contribution in [0.4, 0.5) is 5.69 Å². The summed E-state index contributed by atoms with van der Waals surface area (Å²) in [6.07, 6.45) is 0. The van der Waals surface area contributed by atoms with Crippen molar-refractivity contribution in [3.05, 3.63) is 23.8 Å². The molecule has 0 saturated heterocycles. The van der Waals surface area contributed by atoms with E-state index in [0.29, 0.717) is 22.7 Å². The first-order valence-corrected chi connectivity index (χ1v) is 6.11. The molecule has 0 aliphatic carbocycles. The molecule has 0 heterocycles. The van der Waals surface area contributed by atoms with E-state index in [1.807, 2.05) is 6.92 Å². The molecule has 4 nitrogen and oxygen atoms in total. The van der Waals surface area contributed by atoms with Gasteiger partial charge in [0.1, 0.15) is 0 Å². The summed E-state index contributed by atoms with van der Waals surface area (Å²) in [4.78, 5) is 11.9. The molecule has 16 heavy (non-hydrogen) atoms. The molecule has 1 rings (SSSR count). The number of carbonyl (C=O) groups is 1. The largest absolute Gasteiger partial charge is 0.593 e. The molecule has 0 aliphatic heterocycles. The van der Waals surface area contributed by atoms with E-state index in [0.717, 1.165) is 0 Å². The average Bonchev–Trinajstić information content (AvgIpc) is 2.27. The van der Waals surface area contributed by atoms with Gasteiger partial charge in [-0.15, -0.1) is 4.31 Å². The van der Waals surface area contributed by atoms with Gasteiger partial charge < -0.3 is 10.3 Å². The van der Waals surface area contributed by atoms with Crippen LogP contribution in [0.5, 0.6) is 0 Å². The third-order valence-corrected chi connectivity index (χ3v) is 3.82. The van der Waals surface area contributed by atoms with Gasteiger partial charge in [-0.3, -0.25) is 4.79 Å². The van der Waals surface area contributed by atoms with Crippen molar-refractivity contribution < 1.29 is 9.35 Å². The van der Waals surface area contributed by atoms with Crippen LogP contribution < -0.4 is 5.73 Å². The number of rotatable bonds is 4. The van der Waals surface area contributed by atoms with Crippen LogP contribution >= 0.6 is 0 Å². The zero-order valence-corrected chi connectivity index (χ0v) is 10.5. The number of hydrogen-bond acceptors (Lipinski definition) is 4. The molecular weight excluding hydrogens is 224 g/mol. The predicted octanol–water partition coefficient (Wildman–Crippen LogP) is 1.45. The number of hydrogen-bond donors (Lipinski definition) is 1. The maximum atomic E-state index is 11.9. The van der Waals surface area contributed by atoms with Gasteiger partial charge in [0, 0.05) is 30.9 Å². The van der Waals surface area contributed by atoms with Crippen LogP contribution in [0.1, 0.15) is 24.2 Å². The highest BCUT2D eigenvalue weighted by molar-refractivity contribution is 7.89. The van der Waals surface area contributed by atoms with Crippen molar-refractivity contribution in [2.24, 2.45) is 0 Å². The molecule has 88 valence electrons. The lowest BCUT2D eigenvalue weighted by Gasteiger charge is -2.18. The molecule has 1 atom stereocenters. The standard InChI is InChI=1S/C11H16N2O2S/c1-4-13(3)16(15)9-5-6-11(12)10(7-9)8(2)14/h5-7H,4,12H2,1-3H3. The van der Waals surface area contributed by atoms with Crippen LogP contribution in [-0.2, 0) is 11.4 Å². The van der Waals surface area contributed by atoms with E-state index in [4.69, 9.17) is 5.73 Å². The fourth-order valence-electron chi connectivity index (χ4n) is 1.25. The van der Waals surface area contributed by atoms with E-state index in [2.05, 4.69) is 0 Å². The Kier molecular flexibility index (Phi) is 4.35. The SMILES string of the molecule is CCN(C)[S+]([O-])c1ccc(N)c(C(C)=O)c1. The molecule has 2 N–H and O–H groups in total. The average molecular weight is 240 g/mol. The van der Waals surface area contributed by atoms with Crippen LogP contribution in [0.15, 0.2) is 23.1 Å². The van der Waals surface area contributed by atoms with E-state index in [9.17, 15) is 9.35 Å². The van der Waals surface area contributed by atoms with Crippen LogP contribution in [-0.4, -0.2) is 28.2 Å². The zero-order chi connectivity index (χ0) is 12.3. The molecule has 0 amide bonds. The Hall–Kier alpha value is -1.04. The van der Waals surface area contributed by atoms with Crippen molar-refractivity contribution in [2.45, 2.75) is 18.7 Å². The fourth-order valence-corrected chi connectivity index (χ4v) is 2.24. The van der Waals surface area contributed by atoms with Gasteiger partial charge in [0.25, 0.3) is 0 Å². The van der Waals surface area contributed by atoms with Gasteiger partial charge in [0.15, 0.2) is 10.7 Å². The number of nitrogens with two attached hydrogens (primary N) is 1. The molecule has 1 unspecified atom stereocenters. The second-order valence-corrected chi connectivity index (χ2v) is 5.09. The van der Waals surface area contributed by atoms with E-state index >= 15 is 0 Å². The van der Waals surface area contributed by atoms with Crippen molar-refractivity contribution in [3.63, 3.8) is 0 Å². The lowest BCUT2D eigenvalue weighted by atomic mass is 10.1. The number of nitrogens with zero attached hydrogens (tertiary/aromatic N) is 1. The number of nitrogen functional groups attached to an aromatic ring is 1. The van der Waals surface area contributed by atoms with Gasteiger partial charge in [-0.25, -0.2) is 0 Å². The van der Waals surface area contributed by atoms with Crippen LogP contribution in [0.2, 0.25) is 0 Å². The molecule has 0 spiro atoms. The molecule has 0 fully saturated rings. The van der Waals surface area contributed by atoms with E-state index < -0.39 is 11.4 Å². The monoisotopic (exact) mass is 240 g/mol. The summed E-state index contributed by atoms with van der Waals surface area (Å²) >= 11 is -1.24. The quantitative estimate of drug-likeness (QED) is 0.491. The summed E-state index contributed by atoms with van der Waals surface area (Å²) in [5.74, 6) is -0.115. The normalized spacial score (nSPS) is 12.8. The number of benzene rings is 1. The minimum atomic E-state index is -1.24. The number of ketones is 1. The Morgan fingerprint density at radius 3 is 2.69 bits per heavy atom. The zero-order valence-electron chi connectivity index (χ0n) is 9.69. The molecule has 1 aromatic carbocycles. The summed E-state index contributed by atoms with van der Waals surface area (Å²) in [6.45, 7) is 4.04. The predicted molar refractivity (Wildman–Crippen MR) is 65.6 cm³/mol. The van der Waals surface area contributed by atoms with Crippen molar-refractivity contribution in [1.82, 2.24) is 4.31 Å². The van der Waals surface area contributed by atoms with Crippen LogP contribution in [0.3, 0.4) is 0 Å². The summed E-state index contributed by atoms with van der Waals surface area (Å²) in [6, 6.07) is 4.90. The second-order valence-electron chi connectivity index (χ2n) is 3.50. The molecule has 0 radical (unpaired) electrons. The summed E-state index contributed by atoms with van der Waals surface area (Å²) < 4.78 is 13.6. The topological polar surface area (TPSA) is 69.4 Å². The lowest BCUT2D eigenvalue weighted by molar-refractivity contribution is 0.101. The fraction of sp³-hybridized carbons (Fsp3) is 0.364. The van der Waals surface area contributed by atoms with Gasteiger partial charge >= 0.3 is 0 Å². The molecule has 0 saturated carbocycles. The highest BCUT2D eigenvalue weighted by Crippen LogP contribution is 2.20. The molecule has 1 aromatic rings. The number of Topliss-reactive ketones (excluding diaryl/α,β-unsaturated/α-hetero) is 1. The molecular formula is C11H16N2O2S. The third kappa shape index (κ3) is 2.75. The minimum Gasteiger partial charge on any atom is -0.593 e. The van der Waals surface area contributed by atoms with Crippen molar-refractivity contribution >= 4 is 22.8 Å². The Labute approximate surface area is 98.7 Å². The van der Waals surface area contributed by atoms with Gasteiger partial charge in [-0.2, -0.15) is 0 Å². The Balaban J connectivity index is 3.07. The first kappa shape index (κ1) is 13.0. The summed E-state index contributed by atoms with van der Waals surface area (Å²) in [5, 5.41) is 0. The number of carbonyl (C=O) groups excluding carboxylic acids is 1. The number of anilines is 1. The first-order valence-electron chi connectivity index (χ1n) is 5.00. The van der Waals surface area contributed by atoms with Gasteiger partial charge in [0.05, 0.1) is 11.4 Å². The third-order valence-electron chi connectivity index (χ3n) is 2.33. The van der Waals surface area contributed by atoms with Gasteiger partial charge in [-0.05, 0) is 26.0 Å². The lowest BCUT2D eigenvalue weighted by Crippen LogP contribution is -2.26. The van der Waals surface area contributed by atoms with Crippen LogP contribution in [0.25, 0.3) is 0 Å². The molecule has 0 bridgehead atoms. The maximum absolute atomic E-state index is 11.9. The Morgan fingerprint density at radius 2 is 2.19 bits per heavy atom. The minimum absolute atomic E-state index is 0.115. The molecule has 0 aliphatic rings. The van der Waals surface area contributed by atoms with E-state index in [1.165, 1.54) is 6.92 Å². The summed E-state index contributed by atoms with van der Waals surface area (Å²) in [7, 11) is 1.76. The maximum Gasteiger partial charge on any atom is 0.175 e. The first-order chi connectivity index (χ1) is 7.47. The highest BCUT2D eigenvalue weighted by atomic mass is 32.2. The Bertz CT molecular complexity index is 396. The highest BCUT2D eigenvalue weighted by Gasteiger charge is 2.18. The van der Waals surface area contributed by atoms with Crippen molar-refractivity contribution in [3.8, 4) is 0 Å². The second kappa shape index (κ2) is 5.34. The van der Waals surface area contributed by atoms with Crippen molar-refractivity contribution in [2.75, 3.05) is 19.3 Å². The van der Waals surface area contributed by atoms with Crippen LogP contribution in [0, 0.1) is 0 Å². The van der Waals surface area contributed by atoms with Gasteiger partial charge in [-0.1, -0.05) is 0 Å². The smallest absolute Gasteiger partial charge is 0.175 e. The van der Waals surface area contributed by atoms with Gasteiger partial charge in [0.2, 0.25) is 0 Å². The molecule has 5 heteroatoms. The Morgan fingerprint density at radius 1 is 1.56 bits per heavy atom.